The van der Waals surface area contributed by atoms with Crippen LogP contribution in [0.2, 0.25) is 0 Å². The Labute approximate surface area is 216 Å². The monoisotopic (exact) mass is 509 g/mol. The number of aromatic nitrogens is 2. The summed E-state index contributed by atoms with van der Waals surface area (Å²) in [5, 5.41) is -0.564. The minimum atomic E-state index is -0.564. The Morgan fingerprint density at radius 1 is 1.08 bits per heavy atom. The Morgan fingerprint density at radius 3 is 2.44 bits per heavy atom. The lowest BCUT2D eigenvalue weighted by Gasteiger charge is -2.35. The van der Waals surface area contributed by atoms with E-state index in [0.717, 1.165) is 60.2 Å². The number of nitrogens with zero attached hydrogens (tertiary/aromatic N) is 3. The molecule has 2 atom stereocenters. The van der Waals surface area contributed by atoms with Gasteiger partial charge >= 0.3 is 0 Å². The second kappa shape index (κ2) is 11.5. The second-order valence-electron chi connectivity index (χ2n) is 9.53. The summed E-state index contributed by atoms with van der Waals surface area (Å²) in [5.41, 5.74) is 4.16. The predicted octanol–water partition coefficient (Wildman–Crippen LogP) is 7.31. The minimum Gasteiger partial charge on any atom is -0.334 e. The van der Waals surface area contributed by atoms with Crippen LogP contribution in [0.25, 0.3) is 11.3 Å². The second-order valence-corrected chi connectivity index (χ2v) is 10.7. The van der Waals surface area contributed by atoms with Gasteiger partial charge < -0.3 is 4.90 Å². The van der Waals surface area contributed by atoms with Gasteiger partial charge in [0.25, 0.3) is 0 Å². The fourth-order valence-electron chi connectivity index (χ4n) is 5.04. The van der Waals surface area contributed by atoms with Gasteiger partial charge in [-0.3, -0.25) is 14.8 Å². The summed E-state index contributed by atoms with van der Waals surface area (Å²) in [6, 6.07) is 8.50. The van der Waals surface area contributed by atoms with Gasteiger partial charge in [-0.05, 0) is 49.1 Å². The average Bonchev–Trinajstić information content (AvgIpc) is 3.24. The molecule has 0 bridgehead atoms. The molecule has 0 spiro atoms. The number of carbonyl (C=O) groups is 1. The standard InChI is InChI=1S/C29H33F2N3OS/c1-5-7-22(8-6-2)34(17-21-15-20(10-9-18(21)3)25-16-32-13-14-33-25)29(35)27-19(4)26-23(30)11-12-24(31)28(26)36-27/h9-16,19,22,27H,5-8,17H2,1-4H3/t19?,27-/m1/s1. The maximum Gasteiger partial charge on any atom is 0.237 e. The first-order valence-electron chi connectivity index (χ1n) is 12.7. The van der Waals surface area contributed by atoms with Crippen molar-refractivity contribution in [3.63, 3.8) is 0 Å². The molecule has 2 heterocycles. The van der Waals surface area contributed by atoms with Crippen molar-refractivity contribution < 1.29 is 13.6 Å². The molecule has 1 aromatic heterocycles. The van der Waals surface area contributed by atoms with E-state index in [1.165, 1.54) is 11.8 Å². The highest BCUT2D eigenvalue weighted by molar-refractivity contribution is 8.01. The lowest BCUT2D eigenvalue weighted by molar-refractivity contribution is -0.134. The van der Waals surface area contributed by atoms with E-state index in [2.05, 4.69) is 29.9 Å². The summed E-state index contributed by atoms with van der Waals surface area (Å²) in [6.07, 6.45) is 8.69. The molecule has 0 saturated carbocycles. The molecule has 1 aliphatic rings. The fraction of sp³-hybridized carbons (Fsp3) is 0.414. The molecule has 3 aromatic rings. The molecule has 0 fully saturated rings. The molecule has 0 aliphatic carbocycles. The predicted molar refractivity (Wildman–Crippen MR) is 141 cm³/mol. The Balaban J connectivity index is 1.70. The molecular formula is C29H33F2N3OS. The normalized spacial score (nSPS) is 16.9. The van der Waals surface area contributed by atoms with Gasteiger partial charge in [0.2, 0.25) is 5.91 Å². The first-order chi connectivity index (χ1) is 17.3. The van der Waals surface area contributed by atoms with Gasteiger partial charge in [-0.25, -0.2) is 8.78 Å². The van der Waals surface area contributed by atoms with Crippen LogP contribution < -0.4 is 0 Å². The van der Waals surface area contributed by atoms with E-state index >= 15 is 0 Å². The fourth-order valence-corrected chi connectivity index (χ4v) is 6.46. The molecular weight excluding hydrogens is 476 g/mol. The molecule has 1 unspecified atom stereocenters. The van der Waals surface area contributed by atoms with Crippen molar-refractivity contribution >= 4 is 17.7 Å². The largest absolute Gasteiger partial charge is 0.334 e. The summed E-state index contributed by atoms with van der Waals surface area (Å²) >= 11 is 1.17. The van der Waals surface area contributed by atoms with Crippen LogP contribution in [0, 0.1) is 18.6 Å². The van der Waals surface area contributed by atoms with Crippen molar-refractivity contribution in [3.8, 4) is 11.3 Å². The first-order valence-corrected chi connectivity index (χ1v) is 13.5. The molecule has 0 saturated heterocycles. The third-order valence-corrected chi connectivity index (χ3v) is 8.52. The van der Waals surface area contributed by atoms with E-state index in [4.69, 9.17) is 0 Å². The lowest BCUT2D eigenvalue weighted by atomic mass is 9.94. The maximum atomic E-state index is 14.6. The SMILES string of the molecule is CCCC(CCC)N(Cc1cc(-c2cnccn2)ccc1C)C(=O)[C@@H]1Sc2c(F)ccc(F)c2C1C. The van der Waals surface area contributed by atoms with Crippen molar-refractivity contribution in [1.82, 2.24) is 14.9 Å². The number of halogens is 2. The van der Waals surface area contributed by atoms with E-state index < -0.39 is 22.8 Å². The highest BCUT2D eigenvalue weighted by atomic mass is 32.2. The number of rotatable bonds is 9. The van der Waals surface area contributed by atoms with Crippen molar-refractivity contribution in [2.75, 3.05) is 0 Å². The van der Waals surface area contributed by atoms with Crippen molar-refractivity contribution in [3.05, 3.63) is 77.2 Å². The van der Waals surface area contributed by atoms with Crippen LogP contribution in [0.1, 0.15) is 69.1 Å². The van der Waals surface area contributed by atoms with Gasteiger partial charge in [-0.15, -0.1) is 11.8 Å². The highest BCUT2D eigenvalue weighted by Crippen LogP contribution is 2.48. The Morgan fingerprint density at radius 2 is 1.81 bits per heavy atom. The van der Waals surface area contributed by atoms with Gasteiger partial charge in [-0.2, -0.15) is 0 Å². The summed E-state index contributed by atoms with van der Waals surface area (Å²) in [7, 11) is 0. The van der Waals surface area contributed by atoms with E-state index in [0.29, 0.717) is 12.1 Å². The molecule has 190 valence electrons. The van der Waals surface area contributed by atoms with Crippen LogP contribution in [0.3, 0.4) is 0 Å². The Bertz CT molecular complexity index is 1210. The molecule has 0 N–H and O–H groups in total. The summed E-state index contributed by atoms with van der Waals surface area (Å²) in [5.74, 6) is -1.37. The van der Waals surface area contributed by atoms with Gasteiger partial charge in [0.1, 0.15) is 11.6 Å². The zero-order valence-corrected chi connectivity index (χ0v) is 22.1. The molecule has 2 aromatic carbocycles. The molecule has 7 heteroatoms. The zero-order chi connectivity index (χ0) is 25.8. The number of aryl methyl sites for hydroxylation is 1. The molecule has 36 heavy (non-hydrogen) atoms. The topological polar surface area (TPSA) is 46.1 Å². The van der Waals surface area contributed by atoms with Crippen LogP contribution in [0.4, 0.5) is 8.78 Å². The van der Waals surface area contributed by atoms with E-state index in [-0.39, 0.29) is 16.8 Å². The Kier molecular flexibility index (Phi) is 8.39. The molecule has 4 rings (SSSR count). The van der Waals surface area contributed by atoms with Crippen LogP contribution in [0.15, 0.2) is 53.8 Å². The number of amides is 1. The summed E-state index contributed by atoms with van der Waals surface area (Å²) in [4.78, 5) is 25.0. The maximum absolute atomic E-state index is 14.6. The lowest BCUT2D eigenvalue weighted by Crippen LogP contribution is -2.45. The van der Waals surface area contributed by atoms with Crippen LogP contribution in [-0.2, 0) is 11.3 Å². The molecule has 1 aliphatic heterocycles. The summed E-state index contributed by atoms with van der Waals surface area (Å²) in [6.45, 7) is 8.56. The van der Waals surface area contributed by atoms with Crippen LogP contribution in [0.5, 0.6) is 0 Å². The van der Waals surface area contributed by atoms with E-state index in [1.807, 2.05) is 30.9 Å². The number of hydrogen-bond acceptors (Lipinski definition) is 4. The number of carbonyl (C=O) groups excluding carboxylic acids is 1. The first kappa shape index (κ1) is 26.3. The smallest absolute Gasteiger partial charge is 0.237 e. The van der Waals surface area contributed by atoms with E-state index in [1.54, 1.807) is 18.6 Å². The third-order valence-electron chi connectivity index (χ3n) is 7.01. The number of hydrogen-bond donors (Lipinski definition) is 0. The van der Waals surface area contributed by atoms with Gasteiger partial charge in [0, 0.05) is 42.0 Å². The number of thioether (sulfide) groups is 1. The van der Waals surface area contributed by atoms with Crippen LogP contribution in [-0.4, -0.2) is 32.1 Å². The molecule has 4 nitrogen and oxygen atoms in total. The number of fused-ring (bicyclic) bond motifs is 1. The van der Waals surface area contributed by atoms with Crippen molar-refractivity contribution in [1.29, 1.82) is 0 Å². The minimum absolute atomic E-state index is 0.0540. The highest BCUT2D eigenvalue weighted by Gasteiger charge is 2.42. The summed E-state index contributed by atoms with van der Waals surface area (Å²) < 4.78 is 29.2. The van der Waals surface area contributed by atoms with Crippen LogP contribution >= 0.6 is 11.8 Å². The van der Waals surface area contributed by atoms with Gasteiger partial charge in [0.15, 0.2) is 0 Å². The van der Waals surface area contributed by atoms with Gasteiger partial charge in [0.05, 0.1) is 22.0 Å². The van der Waals surface area contributed by atoms with Crippen molar-refractivity contribution in [2.24, 2.45) is 0 Å². The molecule has 1 amide bonds. The third kappa shape index (κ3) is 5.31. The quantitative estimate of drug-likeness (QED) is 0.303. The molecule has 0 radical (unpaired) electrons. The number of benzene rings is 2. The zero-order valence-electron chi connectivity index (χ0n) is 21.3. The average molecular weight is 510 g/mol. The van der Waals surface area contributed by atoms with Gasteiger partial charge in [-0.1, -0.05) is 45.7 Å². The van der Waals surface area contributed by atoms with Crippen molar-refractivity contribution in [2.45, 2.75) is 82.0 Å². The Hall–Kier alpha value is -2.80. The van der Waals surface area contributed by atoms with E-state index in [9.17, 15) is 13.6 Å².